The quantitative estimate of drug-likeness (QED) is 0.247. The van der Waals surface area contributed by atoms with Gasteiger partial charge in [0.05, 0.1) is 0 Å². The zero-order chi connectivity index (χ0) is 19.4. The molecule has 0 radical (unpaired) electrons. The topological polar surface area (TPSA) is 0 Å². The number of hydrogen-bond donors (Lipinski definition) is 0. The van der Waals surface area contributed by atoms with E-state index in [9.17, 15) is 0 Å². The Morgan fingerprint density at radius 2 is 1.03 bits per heavy atom. The Bertz CT molecular complexity index is 1550. The molecule has 0 nitrogen and oxygen atoms in total. The minimum absolute atomic E-state index is 0.782. The molecule has 1 heteroatoms. The fourth-order valence-corrected chi connectivity index (χ4v) is 4.76. The lowest BCUT2D eigenvalue weighted by Crippen LogP contribution is -1.85. The second kappa shape index (κ2) is 6.34. The zero-order valence-electron chi connectivity index (χ0n) is 15.7. The molecule has 0 amide bonds. The summed E-state index contributed by atoms with van der Waals surface area (Å²) in [5.74, 6) is 0. The van der Waals surface area contributed by atoms with Gasteiger partial charge in [-0.1, -0.05) is 103 Å². The third-order valence-corrected chi connectivity index (χ3v) is 6.22. The van der Waals surface area contributed by atoms with Crippen molar-refractivity contribution in [3.05, 3.63) is 108 Å². The van der Waals surface area contributed by atoms with Crippen LogP contribution in [-0.2, 0) is 0 Å². The van der Waals surface area contributed by atoms with Crippen molar-refractivity contribution >= 4 is 54.7 Å². The summed E-state index contributed by atoms with van der Waals surface area (Å²) in [6, 6.07) is 36.7. The summed E-state index contributed by atoms with van der Waals surface area (Å²) < 4.78 is 0. The summed E-state index contributed by atoms with van der Waals surface area (Å²) in [4.78, 5) is 0. The van der Waals surface area contributed by atoms with E-state index < -0.39 is 0 Å². The zero-order valence-corrected chi connectivity index (χ0v) is 16.4. The second-order valence-corrected chi connectivity index (χ2v) is 7.94. The van der Waals surface area contributed by atoms with Crippen LogP contribution in [0.1, 0.15) is 0 Å². The molecule has 0 saturated carbocycles. The predicted molar refractivity (Wildman–Crippen MR) is 127 cm³/mol. The van der Waals surface area contributed by atoms with E-state index >= 15 is 0 Å². The van der Waals surface area contributed by atoms with Crippen LogP contribution in [0.2, 0.25) is 5.02 Å². The van der Waals surface area contributed by atoms with Crippen molar-refractivity contribution in [3.8, 4) is 11.1 Å². The number of fused-ring (bicyclic) bond motifs is 7. The average molecular weight is 389 g/mol. The van der Waals surface area contributed by atoms with Gasteiger partial charge in [0.25, 0.3) is 0 Å². The van der Waals surface area contributed by atoms with Gasteiger partial charge in [0.15, 0.2) is 0 Å². The molecule has 0 spiro atoms. The number of benzene rings is 6. The predicted octanol–water partition coefficient (Wildman–Crippen LogP) is 8.62. The smallest absolute Gasteiger partial charge is 0.0484 e. The molecule has 0 aliphatic carbocycles. The summed E-state index contributed by atoms with van der Waals surface area (Å²) in [5, 5.41) is 11.1. The normalized spacial score (nSPS) is 11.6. The van der Waals surface area contributed by atoms with Gasteiger partial charge < -0.3 is 0 Å². The molecular formula is C28H17Cl. The SMILES string of the molecule is Clc1ccccc1-c1ccc2c(ccc3ccc4ccc5ccccc5c4c32)c1. The van der Waals surface area contributed by atoms with E-state index in [0.29, 0.717) is 0 Å². The molecule has 6 rings (SSSR count). The molecule has 0 aliphatic heterocycles. The van der Waals surface area contributed by atoms with Gasteiger partial charge in [0, 0.05) is 10.6 Å². The number of rotatable bonds is 1. The Morgan fingerprint density at radius 1 is 0.448 bits per heavy atom. The molecule has 0 unspecified atom stereocenters. The van der Waals surface area contributed by atoms with Gasteiger partial charge in [-0.3, -0.25) is 0 Å². The van der Waals surface area contributed by atoms with E-state index in [2.05, 4.69) is 84.9 Å². The Kier molecular flexibility index (Phi) is 3.62. The fraction of sp³-hybridized carbons (Fsp3) is 0. The largest absolute Gasteiger partial charge is 0.0837 e. The van der Waals surface area contributed by atoms with Crippen LogP contribution in [0.4, 0.5) is 0 Å². The third kappa shape index (κ3) is 2.53. The molecule has 0 aromatic heterocycles. The van der Waals surface area contributed by atoms with Crippen LogP contribution < -0.4 is 0 Å². The molecule has 0 heterocycles. The third-order valence-electron chi connectivity index (χ3n) is 5.89. The van der Waals surface area contributed by atoms with Crippen molar-refractivity contribution in [1.82, 2.24) is 0 Å². The Hall–Kier alpha value is -3.35. The monoisotopic (exact) mass is 388 g/mol. The van der Waals surface area contributed by atoms with E-state index in [1.54, 1.807) is 0 Å². The summed E-state index contributed by atoms with van der Waals surface area (Å²) in [6.07, 6.45) is 0. The van der Waals surface area contributed by atoms with Crippen LogP contribution in [-0.4, -0.2) is 0 Å². The molecule has 6 aromatic rings. The molecular weight excluding hydrogens is 372 g/mol. The average Bonchev–Trinajstić information content (AvgIpc) is 2.78. The maximum Gasteiger partial charge on any atom is 0.0484 e. The van der Waals surface area contributed by atoms with Gasteiger partial charge in [-0.25, -0.2) is 0 Å². The molecule has 0 N–H and O–H groups in total. The van der Waals surface area contributed by atoms with Crippen molar-refractivity contribution in [2.24, 2.45) is 0 Å². The van der Waals surface area contributed by atoms with E-state index in [4.69, 9.17) is 11.6 Å². The van der Waals surface area contributed by atoms with Crippen LogP contribution in [0.5, 0.6) is 0 Å². The molecule has 29 heavy (non-hydrogen) atoms. The van der Waals surface area contributed by atoms with Crippen molar-refractivity contribution in [2.45, 2.75) is 0 Å². The molecule has 0 atom stereocenters. The number of hydrogen-bond acceptors (Lipinski definition) is 0. The summed E-state index contributed by atoms with van der Waals surface area (Å²) in [5.41, 5.74) is 2.21. The van der Waals surface area contributed by atoms with Gasteiger partial charge in [-0.2, -0.15) is 0 Å². The fourth-order valence-electron chi connectivity index (χ4n) is 4.51. The van der Waals surface area contributed by atoms with E-state index in [1.165, 1.54) is 43.1 Å². The lowest BCUT2D eigenvalue weighted by molar-refractivity contribution is 1.65. The molecule has 6 aromatic carbocycles. The first-order valence-electron chi connectivity index (χ1n) is 9.81. The first-order valence-corrected chi connectivity index (χ1v) is 10.2. The van der Waals surface area contributed by atoms with Gasteiger partial charge in [0.2, 0.25) is 0 Å². The van der Waals surface area contributed by atoms with Gasteiger partial charge >= 0.3 is 0 Å². The first kappa shape index (κ1) is 16.6. The van der Waals surface area contributed by atoms with Crippen molar-refractivity contribution < 1.29 is 0 Å². The molecule has 0 fully saturated rings. The van der Waals surface area contributed by atoms with E-state index in [0.717, 1.165) is 16.1 Å². The molecule has 0 bridgehead atoms. The Morgan fingerprint density at radius 3 is 1.79 bits per heavy atom. The van der Waals surface area contributed by atoms with Crippen LogP contribution in [0.25, 0.3) is 54.2 Å². The molecule has 136 valence electrons. The first-order chi connectivity index (χ1) is 14.3. The van der Waals surface area contributed by atoms with Crippen LogP contribution in [0.3, 0.4) is 0 Å². The minimum Gasteiger partial charge on any atom is -0.0837 e. The highest BCUT2D eigenvalue weighted by molar-refractivity contribution is 6.33. The molecule has 0 saturated heterocycles. The maximum absolute atomic E-state index is 6.45. The van der Waals surface area contributed by atoms with E-state index in [1.807, 2.05) is 18.2 Å². The van der Waals surface area contributed by atoms with Crippen molar-refractivity contribution in [3.63, 3.8) is 0 Å². The molecule has 0 aliphatic rings. The van der Waals surface area contributed by atoms with Crippen molar-refractivity contribution in [1.29, 1.82) is 0 Å². The summed E-state index contributed by atoms with van der Waals surface area (Å²) in [7, 11) is 0. The van der Waals surface area contributed by atoms with Gasteiger partial charge in [-0.05, 0) is 60.8 Å². The van der Waals surface area contributed by atoms with Crippen LogP contribution in [0, 0.1) is 0 Å². The standard InChI is InChI=1S/C28H17Cl/c29-26-8-4-3-6-23(26)21-15-16-25-22(17-21)14-13-20-12-11-19-10-9-18-5-1-2-7-24(18)27(19)28(20)25/h1-17H. The maximum atomic E-state index is 6.45. The van der Waals surface area contributed by atoms with E-state index in [-0.39, 0.29) is 0 Å². The summed E-state index contributed by atoms with van der Waals surface area (Å²) >= 11 is 6.45. The van der Waals surface area contributed by atoms with Gasteiger partial charge in [-0.15, -0.1) is 0 Å². The van der Waals surface area contributed by atoms with Crippen LogP contribution in [0.15, 0.2) is 103 Å². The van der Waals surface area contributed by atoms with Crippen molar-refractivity contribution in [2.75, 3.05) is 0 Å². The van der Waals surface area contributed by atoms with Gasteiger partial charge in [0.1, 0.15) is 0 Å². The lowest BCUT2D eigenvalue weighted by Gasteiger charge is -2.12. The van der Waals surface area contributed by atoms with Crippen LogP contribution >= 0.6 is 11.6 Å². The Labute approximate surface area is 174 Å². The highest BCUT2D eigenvalue weighted by atomic mass is 35.5. The highest BCUT2D eigenvalue weighted by Gasteiger charge is 2.10. The lowest BCUT2D eigenvalue weighted by atomic mass is 9.92. The summed E-state index contributed by atoms with van der Waals surface area (Å²) in [6.45, 7) is 0. The highest BCUT2D eigenvalue weighted by Crippen LogP contribution is 2.38. The Balaban J connectivity index is 1.75. The minimum atomic E-state index is 0.782. The second-order valence-electron chi connectivity index (χ2n) is 7.53. The number of halogens is 1.